The molecule has 138 valence electrons. The maximum atomic E-state index is 12.3. The average molecular weight is 336 g/mol. The van der Waals surface area contributed by atoms with E-state index >= 15 is 0 Å². The van der Waals surface area contributed by atoms with Crippen LogP contribution in [0.15, 0.2) is 0 Å². The van der Waals surface area contributed by atoms with Crippen molar-refractivity contribution in [2.24, 2.45) is 46.2 Å². The van der Waals surface area contributed by atoms with Gasteiger partial charge in [-0.1, -0.05) is 41.0 Å². The minimum atomic E-state index is -1.33. The highest BCUT2D eigenvalue weighted by atomic mass is 16.3. The summed E-state index contributed by atoms with van der Waals surface area (Å²) in [5, 5.41) is 11.3. The highest BCUT2D eigenvalue weighted by molar-refractivity contribution is 5.84. The molecular formula is C21H37NO2. The molecule has 3 rings (SSSR count). The second-order valence-electron chi connectivity index (χ2n) is 10.2. The van der Waals surface area contributed by atoms with E-state index in [9.17, 15) is 9.90 Å². The van der Waals surface area contributed by atoms with E-state index in [-0.39, 0.29) is 5.41 Å². The van der Waals surface area contributed by atoms with E-state index < -0.39 is 11.5 Å². The van der Waals surface area contributed by atoms with Crippen LogP contribution in [0, 0.1) is 40.4 Å². The fourth-order valence-corrected chi connectivity index (χ4v) is 7.06. The number of hydrogen-bond donors (Lipinski definition) is 2. The van der Waals surface area contributed by atoms with Gasteiger partial charge >= 0.3 is 0 Å². The van der Waals surface area contributed by atoms with Crippen LogP contribution in [0.5, 0.6) is 0 Å². The maximum absolute atomic E-state index is 12.3. The number of carbonyl (C=O) groups excluding carboxylic acids is 1. The first-order valence-corrected chi connectivity index (χ1v) is 10.1. The minimum Gasteiger partial charge on any atom is -0.379 e. The van der Waals surface area contributed by atoms with Gasteiger partial charge in [-0.05, 0) is 73.5 Å². The van der Waals surface area contributed by atoms with E-state index in [2.05, 4.69) is 34.6 Å². The SMILES string of the molecule is C[C@@H]1CCC(O)(C(N)=O)[C@@]2(C)CC[C@H]3[C@H](C)CC[C@@H](C[C@H]12)C3(C)C. The molecule has 3 aliphatic rings. The van der Waals surface area contributed by atoms with E-state index in [1.165, 1.54) is 12.8 Å². The van der Waals surface area contributed by atoms with E-state index in [0.717, 1.165) is 31.6 Å². The highest BCUT2D eigenvalue weighted by Crippen LogP contribution is 2.62. The second-order valence-corrected chi connectivity index (χ2v) is 10.2. The Labute approximate surface area is 147 Å². The summed E-state index contributed by atoms with van der Waals surface area (Å²) in [4.78, 5) is 12.3. The van der Waals surface area contributed by atoms with E-state index in [4.69, 9.17) is 5.73 Å². The number of amides is 1. The van der Waals surface area contributed by atoms with Crippen molar-refractivity contribution in [3.05, 3.63) is 0 Å². The number of fused-ring (bicyclic) bond motifs is 3. The van der Waals surface area contributed by atoms with Gasteiger partial charge in [0.05, 0.1) is 0 Å². The quantitative estimate of drug-likeness (QED) is 0.757. The molecule has 24 heavy (non-hydrogen) atoms. The van der Waals surface area contributed by atoms with Gasteiger partial charge in [0.25, 0.3) is 0 Å². The van der Waals surface area contributed by atoms with Crippen molar-refractivity contribution in [2.45, 2.75) is 85.2 Å². The Bertz CT molecular complexity index is 516. The molecule has 0 aromatic carbocycles. The fourth-order valence-electron chi connectivity index (χ4n) is 7.06. The average Bonchev–Trinajstić information content (AvgIpc) is 2.48. The van der Waals surface area contributed by atoms with E-state index in [1.807, 2.05) is 0 Å². The Morgan fingerprint density at radius 2 is 1.58 bits per heavy atom. The van der Waals surface area contributed by atoms with Crippen LogP contribution < -0.4 is 5.73 Å². The maximum Gasteiger partial charge on any atom is 0.249 e. The van der Waals surface area contributed by atoms with Crippen molar-refractivity contribution in [1.82, 2.24) is 0 Å². The van der Waals surface area contributed by atoms with E-state index in [0.29, 0.717) is 35.5 Å². The zero-order chi connectivity index (χ0) is 17.9. The van der Waals surface area contributed by atoms with Crippen LogP contribution in [-0.4, -0.2) is 16.6 Å². The minimum absolute atomic E-state index is 0.362. The molecule has 7 atom stereocenters. The molecule has 3 aliphatic carbocycles. The third kappa shape index (κ3) is 2.37. The van der Waals surface area contributed by atoms with Crippen molar-refractivity contribution in [2.75, 3.05) is 0 Å². The van der Waals surface area contributed by atoms with E-state index in [1.54, 1.807) is 0 Å². The Morgan fingerprint density at radius 3 is 2.21 bits per heavy atom. The fraction of sp³-hybridized carbons (Fsp3) is 0.952. The van der Waals surface area contributed by atoms with Crippen LogP contribution in [0.3, 0.4) is 0 Å². The predicted octanol–water partition coefficient (Wildman–Crippen LogP) is 4.13. The molecule has 2 bridgehead atoms. The smallest absolute Gasteiger partial charge is 0.249 e. The van der Waals surface area contributed by atoms with Crippen LogP contribution in [0.4, 0.5) is 0 Å². The normalized spacial score (nSPS) is 51.2. The third-order valence-corrected chi connectivity index (χ3v) is 9.00. The Hall–Kier alpha value is -0.570. The van der Waals surface area contributed by atoms with Crippen LogP contribution >= 0.6 is 0 Å². The third-order valence-electron chi connectivity index (χ3n) is 9.00. The molecule has 3 N–H and O–H groups in total. The van der Waals surface area contributed by atoms with Crippen LogP contribution in [0.25, 0.3) is 0 Å². The Morgan fingerprint density at radius 1 is 0.958 bits per heavy atom. The van der Waals surface area contributed by atoms with Crippen LogP contribution in [-0.2, 0) is 4.79 Å². The summed E-state index contributed by atoms with van der Waals surface area (Å²) in [5.41, 5.74) is 4.39. The number of rotatable bonds is 1. The standard InChI is InChI=1S/C21H37NO2/c1-13-6-7-15-12-17-14(2)8-11-21(24,18(22)23)20(17,5)10-9-16(13)19(15,3)4/h13-17,24H,6-12H2,1-5H3,(H2,22,23)/t13-,14-,15+,16+,17-,20+,21?/m1/s1. The Balaban J connectivity index is 2.03. The summed E-state index contributed by atoms with van der Waals surface area (Å²) < 4.78 is 0. The zero-order valence-corrected chi connectivity index (χ0v) is 16.3. The molecule has 0 saturated heterocycles. The molecule has 0 aromatic rings. The first-order chi connectivity index (χ1) is 11.0. The number of aliphatic hydroxyl groups is 1. The summed E-state index contributed by atoms with van der Waals surface area (Å²) in [6.07, 6.45) is 7.24. The lowest BCUT2D eigenvalue weighted by Crippen LogP contribution is -2.64. The molecule has 1 amide bonds. The molecule has 3 nitrogen and oxygen atoms in total. The van der Waals surface area contributed by atoms with Crippen molar-refractivity contribution in [3.8, 4) is 0 Å². The van der Waals surface area contributed by atoms with Gasteiger partial charge in [0.1, 0.15) is 5.60 Å². The van der Waals surface area contributed by atoms with Gasteiger partial charge in [0.2, 0.25) is 5.91 Å². The molecule has 3 fully saturated rings. The van der Waals surface area contributed by atoms with Crippen molar-refractivity contribution >= 4 is 5.91 Å². The van der Waals surface area contributed by atoms with Gasteiger partial charge in [0, 0.05) is 5.41 Å². The molecule has 1 unspecified atom stereocenters. The number of carbonyl (C=O) groups is 1. The molecule has 3 heteroatoms. The summed E-state index contributed by atoms with van der Waals surface area (Å²) >= 11 is 0. The van der Waals surface area contributed by atoms with Gasteiger partial charge in [-0.25, -0.2) is 0 Å². The molecule has 0 spiro atoms. The summed E-state index contributed by atoms with van der Waals surface area (Å²) in [6.45, 7) is 11.8. The first-order valence-electron chi connectivity index (χ1n) is 10.1. The molecule has 0 aromatic heterocycles. The van der Waals surface area contributed by atoms with Gasteiger partial charge in [-0.3, -0.25) is 4.79 Å². The zero-order valence-electron chi connectivity index (χ0n) is 16.3. The van der Waals surface area contributed by atoms with Gasteiger partial charge in [-0.2, -0.15) is 0 Å². The first kappa shape index (κ1) is 18.2. The molecular weight excluding hydrogens is 298 g/mol. The summed E-state index contributed by atoms with van der Waals surface area (Å²) in [7, 11) is 0. The number of primary amides is 1. The van der Waals surface area contributed by atoms with Crippen molar-refractivity contribution in [1.29, 1.82) is 0 Å². The lowest BCUT2D eigenvalue weighted by molar-refractivity contribution is -0.189. The van der Waals surface area contributed by atoms with Crippen molar-refractivity contribution in [3.63, 3.8) is 0 Å². The molecule has 3 saturated carbocycles. The molecule has 0 aliphatic heterocycles. The van der Waals surface area contributed by atoms with Crippen molar-refractivity contribution < 1.29 is 9.90 Å². The largest absolute Gasteiger partial charge is 0.379 e. The monoisotopic (exact) mass is 335 g/mol. The van der Waals surface area contributed by atoms with Gasteiger partial charge in [0.15, 0.2) is 0 Å². The predicted molar refractivity (Wildman–Crippen MR) is 97.1 cm³/mol. The second kappa shape index (κ2) is 5.72. The topological polar surface area (TPSA) is 63.3 Å². The number of nitrogens with two attached hydrogens (primary N) is 1. The number of hydrogen-bond acceptors (Lipinski definition) is 2. The molecule has 0 heterocycles. The Kier molecular flexibility index (Phi) is 4.35. The van der Waals surface area contributed by atoms with Crippen LogP contribution in [0.2, 0.25) is 0 Å². The molecule has 0 radical (unpaired) electrons. The highest BCUT2D eigenvalue weighted by Gasteiger charge is 2.61. The summed E-state index contributed by atoms with van der Waals surface area (Å²) in [6, 6.07) is 0. The lowest BCUT2D eigenvalue weighted by Gasteiger charge is -2.60. The summed E-state index contributed by atoms with van der Waals surface area (Å²) in [5.74, 6) is 2.56. The van der Waals surface area contributed by atoms with Gasteiger partial charge < -0.3 is 10.8 Å². The lowest BCUT2D eigenvalue weighted by atomic mass is 9.45. The van der Waals surface area contributed by atoms with Crippen LogP contribution in [0.1, 0.15) is 79.6 Å². The van der Waals surface area contributed by atoms with Gasteiger partial charge in [-0.15, -0.1) is 0 Å².